The Balaban J connectivity index is 2.64. The molecular formula is C13H13ClN2O3. The lowest BCUT2D eigenvalue weighted by atomic mass is 10.1. The summed E-state index contributed by atoms with van der Waals surface area (Å²) < 4.78 is 11.8. The molecule has 0 saturated carbocycles. The molecule has 0 unspecified atom stereocenters. The maximum atomic E-state index is 11.1. The minimum atomic E-state index is 0.298. The first-order valence-electron chi connectivity index (χ1n) is 5.51. The zero-order chi connectivity index (χ0) is 14.0. The van der Waals surface area contributed by atoms with Crippen LogP contribution >= 0.6 is 11.6 Å². The Kier molecular flexibility index (Phi) is 3.76. The average Bonchev–Trinajstić information content (AvgIpc) is 2.73. The Bertz CT molecular complexity index is 600. The van der Waals surface area contributed by atoms with Gasteiger partial charge in [0.05, 0.1) is 19.8 Å². The summed E-state index contributed by atoms with van der Waals surface area (Å²) in [4.78, 5) is 11.1. The molecule has 0 aliphatic rings. The van der Waals surface area contributed by atoms with Crippen LogP contribution < -0.4 is 9.47 Å². The van der Waals surface area contributed by atoms with Gasteiger partial charge in [0, 0.05) is 18.7 Å². The largest absolute Gasteiger partial charge is 0.497 e. The van der Waals surface area contributed by atoms with Crippen LogP contribution in [-0.4, -0.2) is 30.3 Å². The van der Waals surface area contributed by atoms with Crippen LogP contribution in [0.25, 0.3) is 11.3 Å². The standard InChI is InChI=1S/C13H13ClN2O3/c1-16-13(14)11(7-17)12(15-16)8-4-9(18-2)6-10(5-8)19-3/h4-7H,1-3H3. The third-order valence-electron chi connectivity index (χ3n) is 2.75. The van der Waals surface area contributed by atoms with Crippen molar-refractivity contribution in [2.45, 2.75) is 0 Å². The third kappa shape index (κ3) is 2.42. The van der Waals surface area contributed by atoms with Crippen LogP contribution in [0.3, 0.4) is 0 Å². The fourth-order valence-corrected chi connectivity index (χ4v) is 1.95. The molecule has 0 amide bonds. The van der Waals surface area contributed by atoms with Gasteiger partial charge in [-0.1, -0.05) is 11.6 Å². The number of nitrogens with zero attached hydrogens (tertiary/aromatic N) is 2. The van der Waals surface area contributed by atoms with E-state index in [9.17, 15) is 4.79 Å². The molecule has 0 saturated heterocycles. The quantitative estimate of drug-likeness (QED) is 0.808. The van der Waals surface area contributed by atoms with Crippen LogP contribution in [0.1, 0.15) is 10.4 Å². The van der Waals surface area contributed by atoms with Gasteiger partial charge in [-0.2, -0.15) is 5.10 Å². The van der Waals surface area contributed by atoms with Gasteiger partial charge in [-0.3, -0.25) is 9.48 Å². The van der Waals surface area contributed by atoms with E-state index in [1.807, 2.05) is 0 Å². The van der Waals surface area contributed by atoms with Gasteiger partial charge < -0.3 is 9.47 Å². The molecule has 0 fully saturated rings. The van der Waals surface area contributed by atoms with Gasteiger partial charge in [-0.05, 0) is 12.1 Å². The number of aryl methyl sites for hydroxylation is 1. The molecule has 0 spiro atoms. The average molecular weight is 281 g/mol. The number of hydrogen-bond acceptors (Lipinski definition) is 4. The van der Waals surface area contributed by atoms with E-state index >= 15 is 0 Å². The van der Waals surface area contributed by atoms with E-state index in [1.165, 1.54) is 4.68 Å². The number of halogens is 1. The lowest BCUT2D eigenvalue weighted by Crippen LogP contribution is -1.92. The molecule has 0 radical (unpaired) electrons. The summed E-state index contributed by atoms with van der Waals surface area (Å²) in [5.41, 5.74) is 1.56. The van der Waals surface area contributed by atoms with Crippen LogP contribution in [0.5, 0.6) is 11.5 Å². The molecule has 0 aliphatic carbocycles. The highest BCUT2D eigenvalue weighted by Gasteiger charge is 2.17. The Labute approximate surface area is 115 Å². The van der Waals surface area contributed by atoms with Crippen molar-refractivity contribution in [3.8, 4) is 22.8 Å². The molecule has 2 aromatic rings. The minimum absolute atomic E-state index is 0.298. The monoisotopic (exact) mass is 280 g/mol. The number of carbonyl (C=O) groups is 1. The normalized spacial score (nSPS) is 10.3. The van der Waals surface area contributed by atoms with Gasteiger partial charge in [0.1, 0.15) is 22.3 Å². The summed E-state index contributed by atoms with van der Waals surface area (Å²) in [6, 6.07) is 5.29. The summed E-state index contributed by atoms with van der Waals surface area (Å²) in [5, 5.41) is 4.54. The van der Waals surface area contributed by atoms with Crippen LogP contribution in [0.4, 0.5) is 0 Å². The van der Waals surface area contributed by atoms with Crippen LogP contribution in [-0.2, 0) is 7.05 Å². The van der Waals surface area contributed by atoms with Crippen molar-refractivity contribution >= 4 is 17.9 Å². The van der Waals surface area contributed by atoms with Gasteiger partial charge in [-0.15, -0.1) is 0 Å². The highest BCUT2D eigenvalue weighted by Crippen LogP contribution is 2.32. The van der Waals surface area contributed by atoms with Crippen LogP contribution in [0, 0.1) is 0 Å². The molecule has 6 heteroatoms. The summed E-state index contributed by atoms with van der Waals surface area (Å²) in [6.07, 6.45) is 0.691. The zero-order valence-corrected chi connectivity index (χ0v) is 11.6. The maximum Gasteiger partial charge on any atom is 0.155 e. The molecule has 0 atom stereocenters. The summed E-state index contributed by atoms with van der Waals surface area (Å²) >= 11 is 6.02. The minimum Gasteiger partial charge on any atom is -0.497 e. The van der Waals surface area contributed by atoms with Crippen LogP contribution in [0.2, 0.25) is 5.15 Å². The molecule has 2 rings (SSSR count). The molecular weight excluding hydrogens is 268 g/mol. The van der Waals surface area contributed by atoms with Gasteiger partial charge in [0.25, 0.3) is 0 Å². The lowest BCUT2D eigenvalue weighted by molar-refractivity contribution is 0.112. The molecule has 0 bridgehead atoms. The van der Waals surface area contributed by atoms with Gasteiger partial charge in [0.2, 0.25) is 0 Å². The second-order valence-corrected chi connectivity index (χ2v) is 4.25. The second-order valence-electron chi connectivity index (χ2n) is 3.90. The van der Waals surface area contributed by atoms with Crippen molar-refractivity contribution in [2.24, 2.45) is 7.05 Å². The predicted octanol–water partition coefficient (Wildman–Crippen LogP) is 2.57. The number of ether oxygens (including phenoxy) is 2. The molecule has 1 aromatic carbocycles. The van der Waals surface area contributed by atoms with Gasteiger partial charge >= 0.3 is 0 Å². The van der Waals surface area contributed by atoms with E-state index in [1.54, 1.807) is 39.5 Å². The Morgan fingerprint density at radius 2 is 1.79 bits per heavy atom. The Hall–Kier alpha value is -2.01. The van der Waals surface area contributed by atoms with E-state index in [0.717, 1.165) is 0 Å². The van der Waals surface area contributed by atoms with Gasteiger partial charge in [-0.25, -0.2) is 0 Å². The second kappa shape index (κ2) is 5.32. The van der Waals surface area contributed by atoms with Crippen molar-refractivity contribution in [3.63, 3.8) is 0 Å². The lowest BCUT2D eigenvalue weighted by Gasteiger charge is -2.07. The number of aromatic nitrogens is 2. The van der Waals surface area contributed by atoms with E-state index in [4.69, 9.17) is 21.1 Å². The summed E-state index contributed by atoms with van der Waals surface area (Å²) in [5.74, 6) is 1.24. The first-order valence-corrected chi connectivity index (χ1v) is 5.89. The van der Waals surface area contributed by atoms with Gasteiger partial charge in [0.15, 0.2) is 6.29 Å². The summed E-state index contributed by atoms with van der Waals surface area (Å²) in [7, 11) is 4.80. The van der Waals surface area contributed by atoms with Crippen molar-refractivity contribution in [3.05, 3.63) is 28.9 Å². The number of methoxy groups -OCH3 is 2. The SMILES string of the molecule is COc1cc(OC)cc(-c2nn(C)c(Cl)c2C=O)c1. The number of hydrogen-bond donors (Lipinski definition) is 0. The van der Waals surface area contributed by atoms with E-state index in [-0.39, 0.29) is 0 Å². The molecule has 19 heavy (non-hydrogen) atoms. The zero-order valence-electron chi connectivity index (χ0n) is 10.8. The maximum absolute atomic E-state index is 11.1. The molecule has 0 aliphatic heterocycles. The fourth-order valence-electron chi connectivity index (χ4n) is 1.78. The van der Waals surface area contributed by atoms with E-state index in [2.05, 4.69) is 5.10 Å². The third-order valence-corrected chi connectivity index (χ3v) is 3.20. The molecule has 5 nitrogen and oxygen atoms in total. The van der Waals surface area contributed by atoms with Crippen molar-refractivity contribution in [2.75, 3.05) is 14.2 Å². The first-order chi connectivity index (χ1) is 9.10. The van der Waals surface area contributed by atoms with Crippen molar-refractivity contribution in [1.82, 2.24) is 9.78 Å². The van der Waals surface area contributed by atoms with E-state index < -0.39 is 0 Å². The van der Waals surface area contributed by atoms with E-state index in [0.29, 0.717) is 39.8 Å². The molecule has 1 aromatic heterocycles. The molecule has 0 N–H and O–H groups in total. The smallest absolute Gasteiger partial charge is 0.155 e. The number of aldehydes is 1. The molecule has 1 heterocycles. The first kappa shape index (κ1) is 13.4. The topological polar surface area (TPSA) is 53.4 Å². The number of carbonyl (C=O) groups excluding carboxylic acids is 1. The van der Waals surface area contributed by atoms with Crippen LogP contribution in [0.15, 0.2) is 18.2 Å². The highest BCUT2D eigenvalue weighted by atomic mass is 35.5. The Morgan fingerprint density at radius 1 is 1.21 bits per heavy atom. The highest BCUT2D eigenvalue weighted by molar-refractivity contribution is 6.32. The predicted molar refractivity (Wildman–Crippen MR) is 72.1 cm³/mol. The fraction of sp³-hybridized carbons (Fsp3) is 0.231. The van der Waals surface area contributed by atoms with Crippen molar-refractivity contribution < 1.29 is 14.3 Å². The Morgan fingerprint density at radius 3 is 2.26 bits per heavy atom. The number of benzene rings is 1. The summed E-state index contributed by atoms with van der Waals surface area (Å²) in [6.45, 7) is 0. The molecule has 100 valence electrons. The number of rotatable bonds is 4. The van der Waals surface area contributed by atoms with Crippen molar-refractivity contribution in [1.29, 1.82) is 0 Å².